The third-order valence-electron chi connectivity index (χ3n) is 5.46. The lowest BCUT2D eigenvalue weighted by Gasteiger charge is -2.29. The second-order valence-corrected chi connectivity index (χ2v) is 8.89. The SMILES string of the molecule is CC1(C)OC(=O)C(=CNCCCCCCCCCCCCNCc2ccccc2)C(=O)O1. The number of hydrogen-bond acceptors (Lipinski definition) is 6. The smallest absolute Gasteiger partial charge is 0.350 e. The molecule has 1 aliphatic rings. The van der Waals surface area contributed by atoms with Gasteiger partial charge < -0.3 is 20.1 Å². The Bertz CT molecular complexity index is 694. The molecule has 0 unspecified atom stereocenters. The van der Waals surface area contributed by atoms with E-state index in [9.17, 15) is 9.59 Å². The summed E-state index contributed by atoms with van der Waals surface area (Å²) in [5.74, 6) is -2.46. The van der Waals surface area contributed by atoms with E-state index in [1.807, 2.05) is 0 Å². The second kappa shape index (κ2) is 14.7. The molecule has 0 aliphatic carbocycles. The Morgan fingerprint density at radius 1 is 0.750 bits per heavy atom. The van der Waals surface area contributed by atoms with Gasteiger partial charge in [-0.25, -0.2) is 9.59 Å². The zero-order chi connectivity index (χ0) is 23.1. The zero-order valence-corrected chi connectivity index (χ0v) is 19.8. The summed E-state index contributed by atoms with van der Waals surface area (Å²) in [6.07, 6.45) is 13.9. The monoisotopic (exact) mass is 444 g/mol. The van der Waals surface area contributed by atoms with Gasteiger partial charge in [0.15, 0.2) is 5.57 Å². The van der Waals surface area contributed by atoms with Crippen molar-refractivity contribution in [1.82, 2.24) is 10.6 Å². The Balaban J connectivity index is 1.34. The number of unbranched alkanes of at least 4 members (excludes halogenated alkanes) is 9. The number of carbonyl (C=O) groups is 2. The molecular formula is C26H40N2O4. The quantitative estimate of drug-likeness (QED) is 0.162. The molecule has 1 saturated heterocycles. The number of carbonyl (C=O) groups excluding carboxylic acids is 2. The van der Waals surface area contributed by atoms with Crippen molar-refractivity contribution >= 4 is 11.9 Å². The molecule has 0 saturated carbocycles. The maximum absolute atomic E-state index is 11.8. The largest absolute Gasteiger partial charge is 0.419 e. The molecule has 1 heterocycles. The number of ether oxygens (including phenoxy) is 2. The fraction of sp³-hybridized carbons (Fsp3) is 0.615. The summed E-state index contributed by atoms with van der Waals surface area (Å²) in [6, 6.07) is 10.5. The van der Waals surface area contributed by atoms with Gasteiger partial charge in [-0.3, -0.25) is 0 Å². The van der Waals surface area contributed by atoms with Gasteiger partial charge in [0.05, 0.1) is 0 Å². The van der Waals surface area contributed by atoms with Crippen molar-refractivity contribution in [3.63, 3.8) is 0 Å². The van der Waals surface area contributed by atoms with Gasteiger partial charge in [0.25, 0.3) is 5.79 Å². The van der Waals surface area contributed by atoms with Crippen LogP contribution in [0.5, 0.6) is 0 Å². The highest BCUT2D eigenvalue weighted by molar-refractivity contribution is 6.15. The summed E-state index contributed by atoms with van der Waals surface area (Å²) >= 11 is 0. The number of rotatable bonds is 16. The van der Waals surface area contributed by atoms with Crippen LogP contribution in [0, 0.1) is 0 Å². The van der Waals surface area contributed by atoms with Crippen LogP contribution >= 0.6 is 0 Å². The molecule has 0 aromatic heterocycles. The van der Waals surface area contributed by atoms with Crippen LogP contribution in [0.1, 0.15) is 83.6 Å². The molecule has 0 spiro atoms. The van der Waals surface area contributed by atoms with Crippen LogP contribution in [0.4, 0.5) is 0 Å². The van der Waals surface area contributed by atoms with Crippen LogP contribution in [0.15, 0.2) is 42.1 Å². The second-order valence-electron chi connectivity index (χ2n) is 8.89. The van der Waals surface area contributed by atoms with Gasteiger partial charge in [-0.1, -0.05) is 81.7 Å². The lowest BCUT2D eigenvalue weighted by Crippen LogP contribution is -2.42. The number of nitrogens with one attached hydrogen (secondary N) is 2. The topological polar surface area (TPSA) is 76.7 Å². The Morgan fingerprint density at radius 3 is 1.81 bits per heavy atom. The first-order valence-electron chi connectivity index (χ1n) is 12.1. The molecule has 0 bridgehead atoms. The van der Waals surface area contributed by atoms with E-state index in [0.29, 0.717) is 0 Å². The molecule has 1 fully saturated rings. The highest BCUT2D eigenvalue weighted by atomic mass is 16.7. The van der Waals surface area contributed by atoms with Crippen molar-refractivity contribution in [3.8, 4) is 0 Å². The van der Waals surface area contributed by atoms with Crippen LogP contribution in [-0.2, 0) is 25.6 Å². The number of hydrogen-bond donors (Lipinski definition) is 2. The van der Waals surface area contributed by atoms with Crippen molar-refractivity contribution in [2.75, 3.05) is 13.1 Å². The van der Waals surface area contributed by atoms with Crippen LogP contribution in [-0.4, -0.2) is 30.8 Å². The van der Waals surface area contributed by atoms with E-state index in [1.54, 1.807) is 13.8 Å². The first-order valence-corrected chi connectivity index (χ1v) is 12.1. The van der Waals surface area contributed by atoms with E-state index in [0.717, 1.165) is 32.5 Å². The molecule has 0 atom stereocenters. The Hall–Kier alpha value is -2.34. The molecule has 1 aromatic carbocycles. The average molecular weight is 445 g/mol. The van der Waals surface area contributed by atoms with Crippen molar-refractivity contribution in [1.29, 1.82) is 0 Å². The van der Waals surface area contributed by atoms with Gasteiger partial charge in [-0.15, -0.1) is 0 Å². The molecule has 178 valence electrons. The van der Waals surface area contributed by atoms with Crippen molar-refractivity contribution < 1.29 is 19.1 Å². The van der Waals surface area contributed by atoms with Gasteiger partial charge in [-0.2, -0.15) is 0 Å². The third-order valence-corrected chi connectivity index (χ3v) is 5.46. The summed E-state index contributed by atoms with van der Waals surface area (Å²) in [7, 11) is 0. The number of cyclic esters (lactones) is 2. The van der Waals surface area contributed by atoms with E-state index in [4.69, 9.17) is 9.47 Å². The van der Waals surface area contributed by atoms with E-state index in [2.05, 4.69) is 41.0 Å². The summed E-state index contributed by atoms with van der Waals surface area (Å²) in [5, 5.41) is 6.54. The molecule has 2 N–H and O–H groups in total. The Morgan fingerprint density at radius 2 is 1.25 bits per heavy atom. The van der Waals surface area contributed by atoms with Gasteiger partial charge in [0.1, 0.15) is 0 Å². The molecule has 1 aliphatic heterocycles. The van der Waals surface area contributed by atoms with Crippen LogP contribution in [0.2, 0.25) is 0 Å². The van der Waals surface area contributed by atoms with Crippen LogP contribution in [0.3, 0.4) is 0 Å². The Kier molecular flexibility index (Phi) is 11.9. The van der Waals surface area contributed by atoms with Gasteiger partial charge in [0, 0.05) is 33.1 Å². The molecule has 6 heteroatoms. The van der Waals surface area contributed by atoms with Crippen molar-refractivity contribution in [2.45, 2.75) is 90.4 Å². The minimum absolute atomic E-state index is 0.0729. The zero-order valence-electron chi connectivity index (χ0n) is 19.8. The molecular weight excluding hydrogens is 404 g/mol. The maximum atomic E-state index is 11.8. The Labute approximate surface area is 193 Å². The average Bonchev–Trinajstić information content (AvgIpc) is 2.75. The lowest BCUT2D eigenvalue weighted by atomic mass is 10.1. The molecule has 1 aromatic rings. The summed E-state index contributed by atoms with van der Waals surface area (Å²) in [6.45, 7) is 5.87. The molecule has 6 nitrogen and oxygen atoms in total. The van der Waals surface area contributed by atoms with Crippen molar-refractivity contribution in [2.24, 2.45) is 0 Å². The van der Waals surface area contributed by atoms with E-state index < -0.39 is 17.7 Å². The predicted octanol–water partition coefficient (Wildman–Crippen LogP) is 4.99. The van der Waals surface area contributed by atoms with E-state index in [1.165, 1.54) is 63.1 Å². The van der Waals surface area contributed by atoms with Gasteiger partial charge in [-0.05, 0) is 24.9 Å². The fourth-order valence-corrected chi connectivity index (χ4v) is 3.67. The summed E-state index contributed by atoms with van der Waals surface area (Å²) in [4.78, 5) is 23.6. The first-order chi connectivity index (χ1) is 15.5. The molecule has 0 radical (unpaired) electrons. The van der Waals surface area contributed by atoms with Gasteiger partial charge in [0.2, 0.25) is 0 Å². The lowest BCUT2D eigenvalue weighted by molar-refractivity contribution is -0.222. The number of benzene rings is 1. The summed E-state index contributed by atoms with van der Waals surface area (Å²) < 4.78 is 10.1. The minimum Gasteiger partial charge on any atom is -0.419 e. The minimum atomic E-state index is -1.19. The normalized spacial score (nSPS) is 15.2. The predicted molar refractivity (Wildman–Crippen MR) is 127 cm³/mol. The standard InChI is InChI=1S/C26H40N2O4/c1-26(2)31-24(29)23(25(30)32-26)21-28-19-15-10-8-6-4-3-5-7-9-14-18-27-20-22-16-12-11-13-17-22/h11-13,16-17,21,27-28H,3-10,14-15,18-20H2,1-2H3. The fourth-order valence-electron chi connectivity index (χ4n) is 3.67. The number of esters is 2. The molecule has 32 heavy (non-hydrogen) atoms. The highest BCUT2D eigenvalue weighted by Gasteiger charge is 2.38. The highest BCUT2D eigenvalue weighted by Crippen LogP contribution is 2.22. The van der Waals surface area contributed by atoms with Gasteiger partial charge >= 0.3 is 11.9 Å². The van der Waals surface area contributed by atoms with E-state index >= 15 is 0 Å². The maximum Gasteiger partial charge on any atom is 0.350 e. The first kappa shape index (κ1) is 25.9. The van der Waals surface area contributed by atoms with Crippen LogP contribution < -0.4 is 10.6 Å². The molecule has 2 rings (SSSR count). The van der Waals surface area contributed by atoms with Crippen molar-refractivity contribution in [3.05, 3.63) is 47.7 Å². The third kappa shape index (κ3) is 10.8. The molecule has 0 amide bonds. The van der Waals surface area contributed by atoms with Crippen LogP contribution in [0.25, 0.3) is 0 Å². The van der Waals surface area contributed by atoms with E-state index in [-0.39, 0.29) is 5.57 Å². The summed E-state index contributed by atoms with van der Waals surface area (Å²) in [5.41, 5.74) is 1.28.